The number of nitrogens with zero attached hydrogens (tertiary/aromatic N) is 2. The number of hydrogen-bond donors (Lipinski definition) is 2. The summed E-state index contributed by atoms with van der Waals surface area (Å²) in [7, 11) is -4.13. The normalized spacial score (nSPS) is 16.2. The van der Waals surface area contributed by atoms with Gasteiger partial charge in [0.15, 0.2) is 9.34 Å². The Morgan fingerprint density at radius 3 is 2.56 bits per heavy atom. The maximum atomic E-state index is 12.5. The molecule has 9 nitrogen and oxygen atoms in total. The van der Waals surface area contributed by atoms with Crippen molar-refractivity contribution in [2.24, 2.45) is 5.92 Å². The first-order chi connectivity index (χ1) is 11.6. The molecule has 0 radical (unpaired) electrons. The van der Waals surface area contributed by atoms with Crippen LogP contribution in [0.25, 0.3) is 0 Å². The smallest absolute Gasteiger partial charge is 0.275 e. The highest BCUT2D eigenvalue weighted by Gasteiger charge is 2.37. The zero-order chi connectivity index (χ0) is 18.8. The second-order valence-corrected chi connectivity index (χ2v) is 8.95. The number of aromatic nitrogens is 1. The Labute approximate surface area is 149 Å². The molecule has 1 fully saturated rings. The number of hydrogen-bond acceptors (Lipinski definition) is 7. The van der Waals surface area contributed by atoms with E-state index in [0.717, 1.165) is 17.5 Å². The molecule has 0 saturated carbocycles. The summed E-state index contributed by atoms with van der Waals surface area (Å²) in [6.07, 6.45) is 2.08. The van der Waals surface area contributed by atoms with Crippen molar-refractivity contribution in [2.75, 3.05) is 11.9 Å². The minimum absolute atomic E-state index is 0.121. The first-order valence-corrected chi connectivity index (χ1v) is 10.0. The second-order valence-electron chi connectivity index (χ2n) is 6.01. The fourth-order valence-corrected chi connectivity index (χ4v) is 4.68. The highest BCUT2D eigenvalue weighted by molar-refractivity contribution is 7.92. The van der Waals surface area contributed by atoms with Crippen molar-refractivity contribution < 1.29 is 22.8 Å². The van der Waals surface area contributed by atoms with Crippen molar-refractivity contribution in [3.63, 3.8) is 0 Å². The lowest BCUT2D eigenvalue weighted by atomic mass is 10.0. The average Bonchev–Trinajstić information content (AvgIpc) is 3.08. The van der Waals surface area contributed by atoms with Gasteiger partial charge in [-0.2, -0.15) is 0 Å². The maximum Gasteiger partial charge on any atom is 0.275 e. The van der Waals surface area contributed by atoms with Crippen molar-refractivity contribution in [3.05, 3.63) is 6.20 Å². The monoisotopic (exact) mass is 388 g/mol. The number of likely N-dealkylation sites (tertiary alicyclic amines) is 1. The molecular formula is C14H20N4O5S2. The summed E-state index contributed by atoms with van der Waals surface area (Å²) in [5.74, 6) is -1.53. The third-order valence-electron chi connectivity index (χ3n) is 3.61. The average molecular weight is 388 g/mol. The van der Waals surface area contributed by atoms with Gasteiger partial charge in [-0.3, -0.25) is 14.4 Å². The summed E-state index contributed by atoms with van der Waals surface area (Å²) in [6.45, 7) is 5.22. The van der Waals surface area contributed by atoms with Gasteiger partial charge in [-0.1, -0.05) is 25.2 Å². The number of carbonyl (C=O) groups is 3. The van der Waals surface area contributed by atoms with Crippen LogP contribution in [0.3, 0.4) is 0 Å². The van der Waals surface area contributed by atoms with Gasteiger partial charge in [0, 0.05) is 19.9 Å². The van der Waals surface area contributed by atoms with E-state index in [2.05, 4.69) is 10.3 Å². The van der Waals surface area contributed by atoms with E-state index in [1.165, 1.54) is 11.8 Å². The Bertz CT molecular complexity index is 787. The summed E-state index contributed by atoms with van der Waals surface area (Å²) in [6, 6.07) is -0.854. The van der Waals surface area contributed by atoms with E-state index in [1.54, 1.807) is 13.8 Å². The van der Waals surface area contributed by atoms with Crippen molar-refractivity contribution in [3.8, 4) is 0 Å². The zero-order valence-electron chi connectivity index (χ0n) is 14.1. The zero-order valence-corrected chi connectivity index (χ0v) is 15.7. The minimum Gasteiger partial charge on any atom is -0.330 e. The highest BCUT2D eigenvalue weighted by atomic mass is 32.2. The molecule has 1 saturated heterocycles. The molecule has 1 aromatic heterocycles. The molecule has 0 aromatic carbocycles. The molecule has 1 aromatic rings. The van der Waals surface area contributed by atoms with Crippen molar-refractivity contribution >= 4 is 44.2 Å². The minimum atomic E-state index is -4.13. The van der Waals surface area contributed by atoms with E-state index in [0.29, 0.717) is 19.4 Å². The first kappa shape index (κ1) is 19.3. The fraction of sp³-hybridized carbons (Fsp3) is 0.571. The van der Waals surface area contributed by atoms with Crippen LogP contribution < -0.4 is 10.0 Å². The van der Waals surface area contributed by atoms with Crippen LogP contribution in [0.15, 0.2) is 10.4 Å². The molecule has 0 aliphatic carbocycles. The van der Waals surface area contributed by atoms with Crippen LogP contribution in [0.1, 0.15) is 33.6 Å². The van der Waals surface area contributed by atoms with Gasteiger partial charge < -0.3 is 10.2 Å². The lowest BCUT2D eigenvalue weighted by molar-refractivity contribution is -0.138. The van der Waals surface area contributed by atoms with Crippen LogP contribution in [-0.4, -0.2) is 48.6 Å². The van der Waals surface area contributed by atoms with Crippen LogP contribution in [0.5, 0.6) is 0 Å². The molecule has 11 heteroatoms. The number of rotatable bonds is 6. The number of anilines is 1. The van der Waals surface area contributed by atoms with Gasteiger partial charge in [0.25, 0.3) is 15.9 Å². The molecule has 3 amide bonds. The lowest BCUT2D eigenvalue weighted by Gasteiger charge is -2.29. The molecule has 1 aliphatic rings. The Morgan fingerprint density at radius 2 is 2.04 bits per heavy atom. The molecule has 2 rings (SSSR count). The number of nitrogens with one attached hydrogen (secondary N) is 2. The molecule has 25 heavy (non-hydrogen) atoms. The second kappa shape index (κ2) is 7.48. The van der Waals surface area contributed by atoms with Crippen LogP contribution in [-0.2, 0) is 24.4 Å². The SMILES string of the molecule is CC(=O)Nc1ncc(S(=O)(=O)NC(=O)[C@@H](C(C)C)N2CCCC2=O)s1. The van der Waals surface area contributed by atoms with E-state index < -0.39 is 22.0 Å². The summed E-state index contributed by atoms with van der Waals surface area (Å²) in [5.41, 5.74) is 0. The Kier molecular flexibility index (Phi) is 5.78. The molecule has 0 spiro atoms. The van der Waals surface area contributed by atoms with Gasteiger partial charge in [0.05, 0.1) is 6.20 Å². The third-order valence-corrected chi connectivity index (χ3v) is 6.33. The molecule has 2 heterocycles. The quantitative estimate of drug-likeness (QED) is 0.733. The summed E-state index contributed by atoms with van der Waals surface area (Å²) >= 11 is 0.737. The highest BCUT2D eigenvalue weighted by Crippen LogP contribution is 2.24. The number of thiazole rings is 1. The lowest BCUT2D eigenvalue weighted by Crippen LogP contribution is -2.51. The number of amides is 3. The predicted octanol–water partition coefficient (Wildman–Crippen LogP) is 0.553. The van der Waals surface area contributed by atoms with Gasteiger partial charge >= 0.3 is 0 Å². The van der Waals surface area contributed by atoms with Crippen LogP contribution in [0, 0.1) is 5.92 Å². The van der Waals surface area contributed by atoms with Gasteiger partial charge in [-0.05, 0) is 12.3 Å². The van der Waals surface area contributed by atoms with Gasteiger partial charge in [0.1, 0.15) is 6.04 Å². The summed E-state index contributed by atoms with van der Waals surface area (Å²) < 4.78 is 26.6. The molecule has 1 aliphatic heterocycles. The Hall–Kier alpha value is -2.01. The van der Waals surface area contributed by atoms with E-state index >= 15 is 0 Å². The molecular weight excluding hydrogens is 368 g/mol. The number of carbonyl (C=O) groups excluding carboxylic acids is 3. The van der Waals surface area contributed by atoms with E-state index in [4.69, 9.17) is 0 Å². The van der Waals surface area contributed by atoms with E-state index in [1.807, 2.05) is 4.72 Å². The third kappa shape index (κ3) is 4.54. The summed E-state index contributed by atoms with van der Waals surface area (Å²) in [5, 5.41) is 2.50. The number of sulfonamides is 1. The van der Waals surface area contributed by atoms with Gasteiger partial charge in [-0.15, -0.1) is 0 Å². The fourth-order valence-electron chi connectivity index (χ4n) is 2.60. The van der Waals surface area contributed by atoms with Crippen LogP contribution in [0.2, 0.25) is 0 Å². The summed E-state index contributed by atoms with van der Waals surface area (Å²) in [4.78, 5) is 40.6. The largest absolute Gasteiger partial charge is 0.330 e. The van der Waals surface area contributed by atoms with Crippen LogP contribution >= 0.6 is 11.3 Å². The molecule has 0 bridgehead atoms. The van der Waals surface area contributed by atoms with Gasteiger partial charge in [0.2, 0.25) is 11.8 Å². The molecule has 138 valence electrons. The van der Waals surface area contributed by atoms with Crippen molar-refractivity contribution in [1.82, 2.24) is 14.6 Å². The predicted molar refractivity (Wildman–Crippen MR) is 91.3 cm³/mol. The molecule has 1 atom stereocenters. The van der Waals surface area contributed by atoms with Gasteiger partial charge in [-0.25, -0.2) is 18.1 Å². The topological polar surface area (TPSA) is 126 Å². The van der Waals surface area contributed by atoms with Crippen LogP contribution in [0.4, 0.5) is 5.13 Å². The Balaban J connectivity index is 2.17. The standard InChI is InChI=1S/C14H20N4O5S2/c1-8(2)12(18-6-4-5-10(18)20)13(21)17-25(22,23)11-7-15-14(24-11)16-9(3)19/h7-8,12H,4-6H2,1-3H3,(H,17,21)(H,15,16,19)/t12-/m1/s1. The van der Waals surface area contributed by atoms with Crippen molar-refractivity contribution in [2.45, 2.75) is 43.9 Å². The van der Waals surface area contributed by atoms with E-state index in [-0.39, 0.29) is 27.1 Å². The van der Waals surface area contributed by atoms with Crippen molar-refractivity contribution in [1.29, 1.82) is 0 Å². The van der Waals surface area contributed by atoms with E-state index in [9.17, 15) is 22.8 Å². The Morgan fingerprint density at radius 1 is 1.36 bits per heavy atom. The molecule has 2 N–H and O–H groups in total. The first-order valence-electron chi connectivity index (χ1n) is 7.71. The maximum absolute atomic E-state index is 12.5. The molecule has 0 unspecified atom stereocenters.